The molecular weight excluding hydrogens is 208 g/mol. The highest BCUT2D eigenvalue weighted by atomic mass is 79.9. The van der Waals surface area contributed by atoms with Gasteiger partial charge < -0.3 is 9.47 Å². The molecule has 0 aliphatic heterocycles. The molecule has 0 saturated heterocycles. The molecule has 0 aliphatic rings. The number of hydrogen-bond donors (Lipinski definition) is 0. The minimum atomic E-state index is -0.566. The van der Waals surface area contributed by atoms with Gasteiger partial charge in [0, 0.05) is 18.7 Å². The van der Waals surface area contributed by atoms with Crippen molar-refractivity contribution in [2.45, 2.75) is 31.4 Å². The average Bonchev–Trinajstić information content (AvgIpc) is 1.84. The molecule has 3 heteroatoms. The first-order valence-corrected chi connectivity index (χ1v) is 4.46. The van der Waals surface area contributed by atoms with Gasteiger partial charge in [0.15, 0.2) is 0 Å². The van der Waals surface area contributed by atoms with E-state index in [4.69, 9.17) is 9.47 Å². The maximum Gasteiger partial charge on any atom is 0.203 e. The lowest BCUT2D eigenvalue weighted by Gasteiger charge is -2.24. The highest BCUT2D eigenvalue weighted by Gasteiger charge is 2.18. The van der Waals surface area contributed by atoms with Gasteiger partial charge in [0.05, 0.1) is 12.9 Å². The summed E-state index contributed by atoms with van der Waals surface area (Å²) >= 11 is 3.37. The molecule has 0 radical (unpaired) electrons. The molecule has 0 bridgehead atoms. The third-order valence-corrected chi connectivity index (χ3v) is 1.29. The number of hydrogen-bond acceptors (Lipinski definition) is 2. The maximum atomic E-state index is 5.39. The highest BCUT2D eigenvalue weighted by molar-refractivity contribution is 9.09. The van der Waals surface area contributed by atoms with Crippen LogP contribution in [0.5, 0.6) is 0 Å². The molecule has 0 fully saturated rings. The lowest BCUT2D eigenvalue weighted by atomic mass is 10.4. The first-order valence-electron chi connectivity index (χ1n) is 3.54. The predicted octanol–water partition coefficient (Wildman–Crippen LogP) is 2.68. The second kappa shape index (κ2) is 4.78. The molecule has 0 aromatic rings. The van der Waals surface area contributed by atoms with E-state index < -0.39 is 5.79 Å². The molecule has 1 unspecified atom stereocenters. The summed E-state index contributed by atoms with van der Waals surface area (Å²) in [6.07, 6.45) is 1.39. The van der Waals surface area contributed by atoms with Crippen molar-refractivity contribution in [1.82, 2.24) is 0 Å². The topological polar surface area (TPSA) is 18.5 Å². The van der Waals surface area contributed by atoms with Crippen LogP contribution in [0.1, 0.15) is 20.8 Å². The molecule has 0 spiro atoms. The van der Waals surface area contributed by atoms with Crippen LogP contribution in [0.4, 0.5) is 0 Å². The van der Waals surface area contributed by atoms with Gasteiger partial charge in [0.2, 0.25) is 5.79 Å². The zero-order valence-electron chi connectivity index (χ0n) is 7.26. The van der Waals surface area contributed by atoms with Gasteiger partial charge in [-0.1, -0.05) is 29.4 Å². The molecule has 0 aromatic heterocycles. The quantitative estimate of drug-likeness (QED) is 0.405. The van der Waals surface area contributed by atoms with Gasteiger partial charge in [-0.3, -0.25) is 0 Å². The Morgan fingerprint density at radius 2 is 2.18 bits per heavy atom. The molecule has 0 aromatic carbocycles. The summed E-state index contributed by atoms with van der Waals surface area (Å²) < 4.78 is 10.5. The van der Waals surface area contributed by atoms with Crippen LogP contribution in [0.3, 0.4) is 0 Å². The molecule has 0 heterocycles. The fourth-order valence-corrected chi connectivity index (χ4v) is 0.682. The van der Waals surface area contributed by atoms with Crippen LogP contribution in [0.15, 0.2) is 12.8 Å². The first kappa shape index (κ1) is 11.0. The number of ether oxygens (including phenoxy) is 2. The van der Waals surface area contributed by atoms with E-state index in [1.54, 1.807) is 0 Å². The molecule has 0 saturated carbocycles. The predicted molar refractivity (Wildman–Crippen MR) is 49.7 cm³/mol. The van der Waals surface area contributed by atoms with E-state index in [0.717, 1.165) is 0 Å². The Labute approximate surface area is 76.7 Å². The molecule has 0 N–H and O–H groups in total. The molecule has 2 nitrogen and oxygen atoms in total. The molecule has 11 heavy (non-hydrogen) atoms. The zero-order valence-corrected chi connectivity index (χ0v) is 8.85. The minimum absolute atomic E-state index is 0.343. The van der Waals surface area contributed by atoms with Crippen molar-refractivity contribution in [3.63, 3.8) is 0 Å². The third kappa shape index (κ3) is 6.38. The van der Waals surface area contributed by atoms with Gasteiger partial charge in [0.1, 0.15) is 0 Å². The van der Waals surface area contributed by atoms with Gasteiger partial charge in [-0.15, -0.1) is 0 Å². The Morgan fingerprint density at radius 1 is 1.64 bits per heavy atom. The number of rotatable bonds is 5. The van der Waals surface area contributed by atoms with Gasteiger partial charge in [-0.25, -0.2) is 0 Å². The van der Waals surface area contributed by atoms with E-state index in [-0.39, 0.29) is 0 Å². The van der Waals surface area contributed by atoms with Crippen LogP contribution in [0, 0.1) is 0 Å². The zero-order chi connectivity index (χ0) is 8.91. The molecule has 0 amide bonds. The summed E-state index contributed by atoms with van der Waals surface area (Å²) in [6.45, 7) is 9.81. The maximum absolute atomic E-state index is 5.39. The Bertz CT molecular complexity index is 121. The summed E-state index contributed by atoms with van der Waals surface area (Å²) in [6, 6.07) is 0. The van der Waals surface area contributed by atoms with Crippen molar-refractivity contribution in [2.24, 2.45) is 0 Å². The van der Waals surface area contributed by atoms with Crippen molar-refractivity contribution in [2.75, 3.05) is 6.61 Å². The van der Waals surface area contributed by atoms with Gasteiger partial charge in [-0.2, -0.15) is 0 Å². The minimum Gasteiger partial charge on any atom is -0.471 e. The van der Waals surface area contributed by atoms with E-state index in [0.29, 0.717) is 11.4 Å². The van der Waals surface area contributed by atoms with Gasteiger partial charge in [-0.05, 0) is 0 Å². The van der Waals surface area contributed by atoms with Crippen LogP contribution >= 0.6 is 15.9 Å². The van der Waals surface area contributed by atoms with Gasteiger partial charge >= 0.3 is 0 Å². The highest BCUT2D eigenvalue weighted by Crippen LogP contribution is 2.13. The van der Waals surface area contributed by atoms with Crippen LogP contribution in [0.25, 0.3) is 0 Å². The van der Waals surface area contributed by atoms with E-state index in [1.807, 2.05) is 20.8 Å². The lowest BCUT2D eigenvalue weighted by molar-refractivity contribution is -0.179. The molecule has 0 aliphatic carbocycles. The summed E-state index contributed by atoms with van der Waals surface area (Å²) in [5.74, 6) is -0.566. The van der Waals surface area contributed by atoms with Crippen molar-refractivity contribution in [1.29, 1.82) is 0 Å². The second-order valence-electron chi connectivity index (χ2n) is 2.78. The van der Waals surface area contributed by atoms with Crippen molar-refractivity contribution < 1.29 is 9.47 Å². The largest absolute Gasteiger partial charge is 0.471 e. The fourth-order valence-electron chi connectivity index (χ4n) is 0.550. The van der Waals surface area contributed by atoms with E-state index in [9.17, 15) is 0 Å². The molecule has 1 atom stereocenters. The van der Waals surface area contributed by atoms with Crippen LogP contribution in [-0.4, -0.2) is 17.2 Å². The Balaban J connectivity index is 3.62. The van der Waals surface area contributed by atoms with E-state index in [2.05, 4.69) is 22.5 Å². The van der Waals surface area contributed by atoms with Crippen molar-refractivity contribution in [3.05, 3.63) is 12.8 Å². The number of halogens is 1. The Kier molecular flexibility index (Phi) is 4.77. The van der Waals surface area contributed by atoms with E-state index >= 15 is 0 Å². The van der Waals surface area contributed by atoms with Crippen LogP contribution in [-0.2, 0) is 9.47 Å². The summed E-state index contributed by atoms with van der Waals surface area (Å²) in [5.41, 5.74) is 0. The van der Waals surface area contributed by atoms with Crippen molar-refractivity contribution >= 4 is 15.9 Å². The first-order chi connectivity index (χ1) is 4.98. The molecule has 66 valence electrons. The average molecular weight is 223 g/mol. The van der Waals surface area contributed by atoms with Gasteiger partial charge in [0.25, 0.3) is 0 Å². The van der Waals surface area contributed by atoms with Crippen LogP contribution < -0.4 is 0 Å². The monoisotopic (exact) mass is 222 g/mol. The number of alkyl halides is 1. The Hall–Kier alpha value is -0.0200. The van der Waals surface area contributed by atoms with Crippen LogP contribution in [0.2, 0.25) is 0 Å². The normalized spacial score (nSPS) is 14.2. The van der Waals surface area contributed by atoms with E-state index in [1.165, 1.54) is 6.26 Å². The summed E-state index contributed by atoms with van der Waals surface area (Å²) in [5, 5.41) is 0. The third-order valence-electron chi connectivity index (χ3n) is 1.03. The standard InChI is InChI=1S/C8H15BrO2/c1-5-10-8(3,4)11-6-7(2)9/h5,7H,1,6H2,2-4H3. The summed E-state index contributed by atoms with van der Waals surface area (Å²) in [4.78, 5) is 0.343. The SMILES string of the molecule is C=COC(C)(C)OCC(C)Br. The summed E-state index contributed by atoms with van der Waals surface area (Å²) in [7, 11) is 0. The second-order valence-corrected chi connectivity index (χ2v) is 4.34. The lowest BCUT2D eigenvalue weighted by Crippen LogP contribution is -2.28. The smallest absolute Gasteiger partial charge is 0.203 e. The van der Waals surface area contributed by atoms with Crippen molar-refractivity contribution in [3.8, 4) is 0 Å². The molecule has 0 rings (SSSR count). The molecular formula is C8H15BrO2. The fraction of sp³-hybridized carbons (Fsp3) is 0.750. The Morgan fingerprint density at radius 3 is 2.55 bits per heavy atom.